The normalized spacial score (nSPS) is 11.4. The zero-order valence-electron chi connectivity index (χ0n) is 18.9. The molecule has 2 aromatic rings. The van der Waals surface area contributed by atoms with Crippen LogP contribution < -0.4 is 21.7 Å². The van der Waals surface area contributed by atoms with Crippen LogP contribution in [0, 0.1) is 19.8 Å². The lowest BCUT2D eigenvalue weighted by Crippen LogP contribution is -2.44. The van der Waals surface area contributed by atoms with Gasteiger partial charge in [0.05, 0.1) is 13.7 Å². The fourth-order valence-corrected chi connectivity index (χ4v) is 3.73. The number of aryl methyl sites for hydroxylation is 2. The van der Waals surface area contributed by atoms with Crippen LogP contribution in [-0.2, 0) is 20.1 Å². The molecule has 0 spiro atoms. The lowest BCUT2D eigenvalue weighted by molar-refractivity contribution is 0.0941. The number of aromatic nitrogens is 2. The smallest absolute Gasteiger partial charge is 0.332 e. The van der Waals surface area contributed by atoms with Crippen molar-refractivity contribution in [2.75, 3.05) is 26.4 Å². The van der Waals surface area contributed by atoms with Crippen molar-refractivity contribution >= 4 is 11.6 Å². The number of likely N-dealkylation sites (N-methyl/N-ethyl adjacent to an activating group) is 1. The first-order valence-electron chi connectivity index (χ1n) is 9.93. The molecule has 1 aromatic carbocycles. The van der Waals surface area contributed by atoms with Crippen LogP contribution in [-0.4, -0.2) is 40.5 Å². The van der Waals surface area contributed by atoms with Gasteiger partial charge in [0, 0.05) is 20.1 Å². The molecule has 0 radical (unpaired) electrons. The molecule has 0 aliphatic heterocycles. The average Bonchev–Trinajstić information content (AvgIpc) is 2.63. The third-order valence-electron chi connectivity index (χ3n) is 5.00. The van der Waals surface area contributed by atoms with Crippen LogP contribution in [0.4, 0.5) is 5.82 Å². The van der Waals surface area contributed by atoms with Crippen LogP contribution in [0.15, 0.2) is 21.7 Å². The summed E-state index contributed by atoms with van der Waals surface area (Å²) in [5.74, 6) is 0.511. The van der Waals surface area contributed by atoms with E-state index in [1.54, 1.807) is 14.2 Å². The highest BCUT2D eigenvalue weighted by Gasteiger charge is 2.23. The van der Waals surface area contributed by atoms with Gasteiger partial charge in [-0.1, -0.05) is 26.0 Å². The van der Waals surface area contributed by atoms with Gasteiger partial charge in [-0.25, -0.2) is 4.79 Å². The molecule has 2 N–H and O–H groups in total. The monoisotopic (exact) mass is 416 g/mol. The number of hydrogen-bond donors (Lipinski definition) is 1. The maximum absolute atomic E-state index is 13.0. The van der Waals surface area contributed by atoms with E-state index in [1.807, 2.05) is 44.7 Å². The van der Waals surface area contributed by atoms with Gasteiger partial charge in [-0.15, -0.1) is 0 Å². The number of benzene rings is 1. The van der Waals surface area contributed by atoms with Crippen LogP contribution >= 0.6 is 0 Å². The van der Waals surface area contributed by atoms with Crippen molar-refractivity contribution in [2.24, 2.45) is 13.0 Å². The number of hydrogen-bond acceptors (Lipinski definition) is 6. The summed E-state index contributed by atoms with van der Waals surface area (Å²) in [5.41, 5.74) is 7.87. The molecule has 8 nitrogen and oxygen atoms in total. The highest BCUT2D eigenvalue weighted by molar-refractivity contribution is 6.01. The van der Waals surface area contributed by atoms with Crippen molar-refractivity contribution in [1.29, 1.82) is 0 Å². The van der Waals surface area contributed by atoms with E-state index in [0.717, 1.165) is 27.0 Å². The fourth-order valence-electron chi connectivity index (χ4n) is 3.73. The summed E-state index contributed by atoms with van der Waals surface area (Å²) in [6, 6.07) is 4.03. The number of carbonyl (C=O) groups is 1. The number of anilines is 1. The maximum atomic E-state index is 13.0. The van der Waals surface area contributed by atoms with Crippen molar-refractivity contribution in [3.63, 3.8) is 0 Å². The Morgan fingerprint density at radius 1 is 1.20 bits per heavy atom. The molecule has 0 saturated carbocycles. The molecular weight excluding hydrogens is 384 g/mol. The van der Waals surface area contributed by atoms with E-state index >= 15 is 0 Å². The molecule has 0 fully saturated rings. The van der Waals surface area contributed by atoms with Gasteiger partial charge in [0.25, 0.3) is 5.56 Å². The van der Waals surface area contributed by atoms with Gasteiger partial charge in [-0.3, -0.25) is 23.6 Å². The van der Waals surface area contributed by atoms with Crippen LogP contribution in [0.1, 0.15) is 40.9 Å². The molecule has 1 aromatic heterocycles. The molecule has 1 heterocycles. The van der Waals surface area contributed by atoms with Crippen LogP contribution in [0.25, 0.3) is 0 Å². The summed E-state index contributed by atoms with van der Waals surface area (Å²) >= 11 is 0. The molecule has 0 saturated heterocycles. The zero-order valence-corrected chi connectivity index (χ0v) is 18.9. The minimum atomic E-state index is -0.660. The topological polar surface area (TPSA) is 99.6 Å². The predicted molar refractivity (Wildman–Crippen MR) is 118 cm³/mol. The average molecular weight is 417 g/mol. The molecule has 0 unspecified atom stereocenters. The first-order valence-corrected chi connectivity index (χ1v) is 9.93. The van der Waals surface area contributed by atoms with Crippen LogP contribution in [0.3, 0.4) is 0 Å². The Kier molecular flexibility index (Phi) is 7.25. The number of ketones is 1. The number of Topliss-reactive ketones (excluding diaryl/α,β-unsaturated/α-hetero) is 1. The quantitative estimate of drug-likeness (QED) is 0.658. The summed E-state index contributed by atoms with van der Waals surface area (Å²) in [6.45, 7) is 8.67. The van der Waals surface area contributed by atoms with E-state index in [-0.39, 0.29) is 23.8 Å². The number of methoxy groups -OCH3 is 1. The minimum Gasteiger partial charge on any atom is -0.496 e. The third kappa shape index (κ3) is 4.81. The first kappa shape index (κ1) is 23.4. The Labute approximate surface area is 176 Å². The molecule has 0 atom stereocenters. The fraction of sp³-hybridized carbons (Fsp3) is 0.500. The highest BCUT2D eigenvalue weighted by Crippen LogP contribution is 2.24. The largest absolute Gasteiger partial charge is 0.496 e. The van der Waals surface area contributed by atoms with Gasteiger partial charge >= 0.3 is 5.69 Å². The van der Waals surface area contributed by atoms with Crippen molar-refractivity contribution in [3.8, 4) is 5.75 Å². The molecule has 164 valence electrons. The highest BCUT2D eigenvalue weighted by atomic mass is 16.5. The second-order valence-electron chi connectivity index (χ2n) is 8.27. The van der Waals surface area contributed by atoms with E-state index in [0.29, 0.717) is 13.1 Å². The van der Waals surface area contributed by atoms with E-state index in [1.165, 1.54) is 11.6 Å². The van der Waals surface area contributed by atoms with Crippen molar-refractivity contribution in [2.45, 2.75) is 40.8 Å². The summed E-state index contributed by atoms with van der Waals surface area (Å²) in [5, 5.41) is 0. The number of ether oxygens (including phenoxy) is 1. The van der Waals surface area contributed by atoms with Gasteiger partial charge in [-0.05, 0) is 43.5 Å². The standard InChI is InChI=1S/C22H32N4O4/c1-13(2)10-26-20(23)18(21(28)25(6)22(26)29)17(27)12-24(5)11-16-8-14(3)19(30-7)15(4)9-16/h8-9,13H,10-12,23H2,1-7H3. The number of nitrogen functional groups attached to an aromatic ring is 1. The number of nitrogens with zero attached hydrogens (tertiary/aromatic N) is 3. The second-order valence-corrected chi connectivity index (χ2v) is 8.27. The van der Waals surface area contributed by atoms with Gasteiger partial charge in [0.15, 0.2) is 5.78 Å². The van der Waals surface area contributed by atoms with Gasteiger partial charge in [0.1, 0.15) is 17.1 Å². The molecule has 0 aliphatic carbocycles. The maximum Gasteiger partial charge on any atom is 0.332 e. The Bertz CT molecular complexity index is 1040. The van der Waals surface area contributed by atoms with Crippen molar-refractivity contribution in [3.05, 3.63) is 55.2 Å². The SMILES string of the molecule is COc1c(C)cc(CN(C)CC(=O)c2c(N)n(CC(C)C)c(=O)n(C)c2=O)cc1C. The molecule has 2 rings (SSSR count). The summed E-state index contributed by atoms with van der Waals surface area (Å²) in [7, 11) is 4.81. The number of rotatable bonds is 8. The summed E-state index contributed by atoms with van der Waals surface area (Å²) < 4.78 is 7.65. The summed E-state index contributed by atoms with van der Waals surface area (Å²) in [4.78, 5) is 39.8. The predicted octanol–water partition coefficient (Wildman–Crippen LogP) is 1.73. The number of carbonyl (C=O) groups excluding carboxylic acids is 1. The van der Waals surface area contributed by atoms with E-state index in [4.69, 9.17) is 10.5 Å². The second kappa shape index (κ2) is 9.30. The molecule has 30 heavy (non-hydrogen) atoms. The molecule has 0 bridgehead atoms. The van der Waals surface area contributed by atoms with Crippen LogP contribution in [0.2, 0.25) is 0 Å². The van der Waals surface area contributed by atoms with E-state index in [2.05, 4.69) is 0 Å². The van der Waals surface area contributed by atoms with Crippen LogP contribution in [0.5, 0.6) is 5.75 Å². The lowest BCUT2D eigenvalue weighted by atomic mass is 10.0. The minimum absolute atomic E-state index is 0.00342. The molecule has 0 amide bonds. The Morgan fingerprint density at radius 3 is 2.27 bits per heavy atom. The van der Waals surface area contributed by atoms with E-state index in [9.17, 15) is 14.4 Å². The van der Waals surface area contributed by atoms with E-state index < -0.39 is 17.0 Å². The van der Waals surface area contributed by atoms with Gasteiger partial charge < -0.3 is 10.5 Å². The Hall–Kier alpha value is -2.87. The first-order chi connectivity index (χ1) is 14.0. The number of nitrogens with two attached hydrogens (primary N) is 1. The van der Waals surface area contributed by atoms with Gasteiger partial charge in [-0.2, -0.15) is 0 Å². The molecular formula is C22H32N4O4. The molecule has 8 heteroatoms. The summed E-state index contributed by atoms with van der Waals surface area (Å²) in [6.07, 6.45) is 0. The van der Waals surface area contributed by atoms with Crippen molar-refractivity contribution < 1.29 is 9.53 Å². The Morgan fingerprint density at radius 2 is 1.77 bits per heavy atom. The Balaban J connectivity index is 2.31. The van der Waals surface area contributed by atoms with Crippen molar-refractivity contribution in [1.82, 2.24) is 14.0 Å². The molecule has 0 aliphatic rings. The third-order valence-corrected chi connectivity index (χ3v) is 5.00. The zero-order chi connectivity index (χ0) is 22.7. The van der Waals surface area contributed by atoms with Gasteiger partial charge in [0.2, 0.25) is 0 Å². The lowest BCUT2D eigenvalue weighted by Gasteiger charge is -2.20.